The number of nitrogens with zero attached hydrogens (tertiary/aromatic N) is 3. The highest BCUT2D eigenvalue weighted by atomic mass is 15.1. The number of nitrogens with one attached hydrogen (secondary N) is 1. The van der Waals surface area contributed by atoms with Gasteiger partial charge in [0, 0.05) is 30.2 Å². The molecule has 0 spiro atoms. The predicted molar refractivity (Wildman–Crippen MR) is 58.1 cm³/mol. The third-order valence-electron chi connectivity index (χ3n) is 1.78. The molecule has 0 amide bonds. The molecule has 74 valence electrons. The van der Waals surface area contributed by atoms with E-state index in [2.05, 4.69) is 20.2 Å². The van der Waals surface area contributed by atoms with E-state index in [1.165, 1.54) is 0 Å². The lowest BCUT2D eigenvalue weighted by atomic mass is 10.3. The van der Waals surface area contributed by atoms with Gasteiger partial charge in [0.1, 0.15) is 0 Å². The van der Waals surface area contributed by atoms with Gasteiger partial charge >= 0.3 is 0 Å². The molecule has 0 aliphatic rings. The number of pyridine rings is 2. The highest BCUT2D eigenvalue weighted by molar-refractivity contribution is 5.73. The van der Waals surface area contributed by atoms with Crippen molar-refractivity contribution in [3.8, 4) is 0 Å². The Morgan fingerprint density at radius 3 is 2.00 bits per heavy atom. The molecule has 4 nitrogen and oxygen atoms in total. The molecule has 3 heterocycles. The van der Waals surface area contributed by atoms with E-state index in [1.807, 2.05) is 30.3 Å². The summed E-state index contributed by atoms with van der Waals surface area (Å²) in [5.41, 5.74) is 0.810. The zero-order valence-corrected chi connectivity index (χ0v) is 8.04. The van der Waals surface area contributed by atoms with Crippen LogP contribution in [0.25, 0.3) is 11.0 Å². The highest BCUT2D eigenvalue weighted by Crippen LogP contribution is 2.04. The van der Waals surface area contributed by atoms with Crippen LogP contribution >= 0.6 is 0 Å². The first kappa shape index (κ1) is 9.33. The Morgan fingerprint density at radius 2 is 1.60 bits per heavy atom. The topological polar surface area (TPSA) is 54.5 Å². The summed E-state index contributed by atoms with van der Waals surface area (Å²) in [6.45, 7) is 0. The molecule has 0 fully saturated rings. The molecule has 15 heavy (non-hydrogen) atoms. The number of rotatable bonds is 0. The van der Waals surface area contributed by atoms with E-state index in [0.717, 1.165) is 11.0 Å². The molecule has 3 aromatic heterocycles. The van der Waals surface area contributed by atoms with Crippen LogP contribution in [0.15, 0.2) is 55.1 Å². The van der Waals surface area contributed by atoms with E-state index in [-0.39, 0.29) is 0 Å². The number of hydrogen-bond donors (Lipinski definition) is 1. The standard InChI is InChI=1S/C8H6N2.C3H4N2/c1-3-7-4-2-6-10-8(7)9-5-1;1-2-4-5-3-1/h1-6H;1-3H,(H,4,5). The number of aromatic nitrogens is 4. The molecule has 0 saturated carbocycles. The Kier molecular flexibility index (Phi) is 3.02. The van der Waals surface area contributed by atoms with Gasteiger partial charge in [-0.3, -0.25) is 5.10 Å². The summed E-state index contributed by atoms with van der Waals surface area (Å²) in [5.74, 6) is 0. The lowest BCUT2D eigenvalue weighted by Gasteiger charge is -1.90. The maximum absolute atomic E-state index is 4.07. The smallest absolute Gasteiger partial charge is 0.159 e. The van der Waals surface area contributed by atoms with Gasteiger partial charge in [0.15, 0.2) is 5.65 Å². The van der Waals surface area contributed by atoms with Gasteiger partial charge in [-0.05, 0) is 30.3 Å². The normalized spacial score (nSPS) is 9.33. The van der Waals surface area contributed by atoms with Crippen molar-refractivity contribution < 1.29 is 0 Å². The second-order valence-electron chi connectivity index (χ2n) is 2.82. The zero-order valence-electron chi connectivity index (χ0n) is 8.04. The van der Waals surface area contributed by atoms with Crippen LogP contribution in [0.4, 0.5) is 0 Å². The number of hydrogen-bond acceptors (Lipinski definition) is 3. The lowest BCUT2D eigenvalue weighted by molar-refractivity contribution is 1.09. The van der Waals surface area contributed by atoms with E-state index < -0.39 is 0 Å². The molecule has 0 bridgehead atoms. The van der Waals surface area contributed by atoms with Crippen LogP contribution in [0.5, 0.6) is 0 Å². The highest BCUT2D eigenvalue weighted by Gasteiger charge is 1.88. The van der Waals surface area contributed by atoms with Crippen molar-refractivity contribution in [3.63, 3.8) is 0 Å². The van der Waals surface area contributed by atoms with Crippen LogP contribution in [-0.2, 0) is 0 Å². The first-order chi connectivity index (χ1) is 7.47. The molecule has 3 rings (SSSR count). The average Bonchev–Trinajstić information content (AvgIpc) is 2.88. The Hall–Kier alpha value is -2.23. The minimum atomic E-state index is 0.810. The van der Waals surface area contributed by atoms with Crippen molar-refractivity contribution in [3.05, 3.63) is 55.1 Å². The monoisotopic (exact) mass is 198 g/mol. The predicted octanol–water partition coefficient (Wildman–Crippen LogP) is 2.04. The fraction of sp³-hybridized carbons (Fsp3) is 0. The molecule has 0 aromatic carbocycles. The molecule has 1 N–H and O–H groups in total. The van der Waals surface area contributed by atoms with Crippen molar-refractivity contribution >= 4 is 11.0 Å². The maximum Gasteiger partial charge on any atom is 0.159 e. The van der Waals surface area contributed by atoms with Gasteiger partial charge in [-0.2, -0.15) is 5.10 Å². The van der Waals surface area contributed by atoms with Gasteiger partial charge in [-0.1, -0.05) is 0 Å². The average molecular weight is 198 g/mol. The molecule has 0 radical (unpaired) electrons. The van der Waals surface area contributed by atoms with Crippen molar-refractivity contribution in [2.24, 2.45) is 0 Å². The third-order valence-corrected chi connectivity index (χ3v) is 1.78. The summed E-state index contributed by atoms with van der Waals surface area (Å²) in [4.78, 5) is 8.14. The first-order valence-corrected chi connectivity index (χ1v) is 4.56. The molecular weight excluding hydrogens is 188 g/mol. The van der Waals surface area contributed by atoms with Gasteiger partial charge < -0.3 is 0 Å². The van der Waals surface area contributed by atoms with Crippen LogP contribution in [0.3, 0.4) is 0 Å². The Bertz CT molecular complexity index is 422. The Labute approximate surface area is 87.0 Å². The SMILES string of the molecule is c1cn[nH]c1.c1cnc2ncccc2c1. The lowest BCUT2D eigenvalue weighted by Crippen LogP contribution is -1.78. The van der Waals surface area contributed by atoms with Crippen molar-refractivity contribution in [1.82, 2.24) is 20.2 Å². The van der Waals surface area contributed by atoms with Gasteiger partial charge in [0.2, 0.25) is 0 Å². The minimum Gasteiger partial charge on any atom is -0.286 e. The summed E-state index contributed by atoms with van der Waals surface area (Å²) in [6.07, 6.45) is 6.95. The second-order valence-corrected chi connectivity index (χ2v) is 2.82. The van der Waals surface area contributed by atoms with E-state index in [1.54, 1.807) is 24.8 Å². The fourth-order valence-electron chi connectivity index (χ4n) is 1.12. The first-order valence-electron chi connectivity index (χ1n) is 4.56. The van der Waals surface area contributed by atoms with Gasteiger partial charge in [-0.15, -0.1) is 0 Å². The largest absolute Gasteiger partial charge is 0.286 e. The van der Waals surface area contributed by atoms with Crippen molar-refractivity contribution in [1.29, 1.82) is 0 Å². The molecule has 3 aromatic rings. The van der Waals surface area contributed by atoms with Crippen LogP contribution in [0, 0.1) is 0 Å². The molecule has 0 aliphatic carbocycles. The number of aromatic amines is 1. The molecule has 0 saturated heterocycles. The Morgan fingerprint density at radius 1 is 0.867 bits per heavy atom. The van der Waals surface area contributed by atoms with Crippen LogP contribution < -0.4 is 0 Å². The second kappa shape index (κ2) is 4.85. The van der Waals surface area contributed by atoms with Gasteiger partial charge in [0.05, 0.1) is 0 Å². The molecular formula is C11H10N4. The van der Waals surface area contributed by atoms with Gasteiger partial charge in [-0.25, -0.2) is 9.97 Å². The van der Waals surface area contributed by atoms with Crippen molar-refractivity contribution in [2.45, 2.75) is 0 Å². The summed E-state index contributed by atoms with van der Waals surface area (Å²) in [6, 6.07) is 9.64. The van der Waals surface area contributed by atoms with E-state index in [4.69, 9.17) is 0 Å². The molecule has 4 heteroatoms. The fourth-order valence-corrected chi connectivity index (χ4v) is 1.12. The van der Waals surface area contributed by atoms with E-state index in [0.29, 0.717) is 0 Å². The van der Waals surface area contributed by atoms with Crippen LogP contribution in [0.2, 0.25) is 0 Å². The zero-order chi connectivity index (χ0) is 10.3. The van der Waals surface area contributed by atoms with E-state index >= 15 is 0 Å². The van der Waals surface area contributed by atoms with Gasteiger partial charge in [0.25, 0.3) is 0 Å². The maximum atomic E-state index is 4.07. The number of fused-ring (bicyclic) bond motifs is 1. The summed E-state index contributed by atoms with van der Waals surface area (Å²) in [5, 5.41) is 7.30. The third kappa shape index (κ3) is 2.60. The number of H-pyrrole nitrogens is 1. The summed E-state index contributed by atoms with van der Waals surface area (Å²) in [7, 11) is 0. The van der Waals surface area contributed by atoms with Crippen LogP contribution in [-0.4, -0.2) is 20.2 Å². The summed E-state index contributed by atoms with van der Waals surface area (Å²) >= 11 is 0. The van der Waals surface area contributed by atoms with Crippen molar-refractivity contribution in [2.75, 3.05) is 0 Å². The molecule has 0 atom stereocenters. The quantitative estimate of drug-likeness (QED) is 0.601. The van der Waals surface area contributed by atoms with Crippen LogP contribution in [0.1, 0.15) is 0 Å². The van der Waals surface area contributed by atoms with E-state index in [9.17, 15) is 0 Å². The summed E-state index contributed by atoms with van der Waals surface area (Å²) < 4.78 is 0. The molecule has 0 unspecified atom stereocenters. The molecule has 0 aliphatic heterocycles. The Balaban J connectivity index is 0.000000144. The minimum absolute atomic E-state index is 0.810.